The van der Waals surface area contributed by atoms with Crippen LogP contribution in [0.15, 0.2) is 91.0 Å². The van der Waals surface area contributed by atoms with E-state index in [-0.39, 0.29) is 23.4 Å². The van der Waals surface area contributed by atoms with Crippen LogP contribution in [-0.2, 0) is 28.9 Å². The molecule has 3 aromatic carbocycles. The van der Waals surface area contributed by atoms with Gasteiger partial charge in [-0.3, -0.25) is 9.59 Å². The molecular weight excluding hydrogens is 416 g/mol. The molecule has 0 radical (unpaired) electrons. The lowest BCUT2D eigenvalue weighted by atomic mass is 9.78. The zero-order valence-corrected chi connectivity index (χ0v) is 20.7. The fourth-order valence-electron chi connectivity index (χ4n) is 4.72. The maximum atomic E-state index is 13.4. The molecule has 0 aliphatic rings. The minimum atomic E-state index is -0.508. The predicted molar refractivity (Wildman–Crippen MR) is 141 cm³/mol. The zero-order valence-electron chi connectivity index (χ0n) is 20.7. The van der Waals surface area contributed by atoms with Crippen LogP contribution in [0.25, 0.3) is 0 Å². The van der Waals surface area contributed by atoms with Crippen LogP contribution in [0.2, 0.25) is 0 Å². The van der Waals surface area contributed by atoms with E-state index in [1.54, 1.807) is 0 Å². The first-order valence-corrected chi connectivity index (χ1v) is 12.7. The Morgan fingerprint density at radius 3 is 1.53 bits per heavy atom. The van der Waals surface area contributed by atoms with E-state index in [0.717, 1.165) is 31.2 Å². The van der Waals surface area contributed by atoms with Gasteiger partial charge in [-0.15, -0.1) is 0 Å². The summed E-state index contributed by atoms with van der Waals surface area (Å²) in [6, 6.07) is 30.8. The fraction of sp³-hybridized carbons (Fsp3) is 0.375. The Hall–Kier alpha value is -3.00. The van der Waals surface area contributed by atoms with Crippen LogP contribution in [0.4, 0.5) is 0 Å². The SMILES string of the molecule is CC(CCc1ccccc1)CC(=O)C(C(=O)CCc1ccccc1)C(C)CCc1ccccc1. The number of Topliss-reactive ketones (excluding diaryl/α,β-unsaturated/α-hetero) is 2. The summed E-state index contributed by atoms with van der Waals surface area (Å²) in [7, 11) is 0. The van der Waals surface area contributed by atoms with Crippen molar-refractivity contribution in [1.82, 2.24) is 0 Å². The first kappa shape index (κ1) is 25.6. The highest BCUT2D eigenvalue weighted by atomic mass is 16.1. The van der Waals surface area contributed by atoms with Crippen LogP contribution in [0.5, 0.6) is 0 Å². The van der Waals surface area contributed by atoms with Gasteiger partial charge in [-0.25, -0.2) is 0 Å². The molecule has 0 fully saturated rings. The molecule has 0 aliphatic carbocycles. The molecule has 0 heterocycles. The molecule has 178 valence electrons. The Bertz CT molecular complexity index is 995. The van der Waals surface area contributed by atoms with Crippen LogP contribution < -0.4 is 0 Å². The molecular formula is C32H38O2. The van der Waals surface area contributed by atoms with Gasteiger partial charge in [-0.1, -0.05) is 105 Å². The maximum Gasteiger partial charge on any atom is 0.143 e. The van der Waals surface area contributed by atoms with Crippen molar-refractivity contribution in [3.63, 3.8) is 0 Å². The minimum Gasteiger partial charge on any atom is -0.299 e. The molecule has 2 nitrogen and oxygen atoms in total. The van der Waals surface area contributed by atoms with E-state index in [9.17, 15) is 9.59 Å². The molecule has 34 heavy (non-hydrogen) atoms. The Kier molecular flexibility index (Phi) is 10.3. The highest BCUT2D eigenvalue weighted by Gasteiger charge is 2.31. The van der Waals surface area contributed by atoms with Gasteiger partial charge >= 0.3 is 0 Å². The molecule has 3 atom stereocenters. The second kappa shape index (κ2) is 13.6. The van der Waals surface area contributed by atoms with E-state index >= 15 is 0 Å². The van der Waals surface area contributed by atoms with Gasteiger partial charge in [-0.2, -0.15) is 0 Å². The molecule has 2 heteroatoms. The topological polar surface area (TPSA) is 34.1 Å². The van der Waals surface area contributed by atoms with Gasteiger partial charge in [0.2, 0.25) is 0 Å². The number of ketones is 2. The molecule has 0 saturated heterocycles. The van der Waals surface area contributed by atoms with Gasteiger partial charge in [-0.05, 0) is 60.6 Å². The van der Waals surface area contributed by atoms with Gasteiger partial charge in [0.25, 0.3) is 0 Å². The van der Waals surface area contributed by atoms with E-state index in [2.05, 4.69) is 62.4 Å². The third kappa shape index (κ3) is 8.41. The normalized spacial score (nSPS) is 13.7. The predicted octanol–water partition coefficient (Wildman–Crippen LogP) is 7.30. The summed E-state index contributed by atoms with van der Waals surface area (Å²) >= 11 is 0. The Morgan fingerprint density at radius 1 is 0.588 bits per heavy atom. The lowest BCUT2D eigenvalue weighted by Gasteiger charge is -2.24. The van der Waals surface area contributed by atoms with Crippen LogP contribution in [0.3, 0.4) is 0 Å². The van der Waals surface area contributed by atoms with E-state index in [1.807, 2.05) is 42.5 Å². The second-order valence-electron chi connectivity index (χ2n) is 9.73. The third-order valence-corrected chi connectivity index (χ3v) is 6.82. The smallest absolute Gasteiger partial charge is 0.143 e. The van der Waals surface area contributed by atoms with Crippen molar-refractivity contribution in [2.45, 2.75) is 58.8 Å². The number of aryl methyl sites for hydroxylation is 3. The maximum absolute atomic E-state index is 13.4. The third-order valence-electron chi connectivity index (χ3n) is 6.82. The average molecular weight is 455 g/mol. The molecule has 0 saturated carbocycles. The van der Waals surface area contributed by atoms with Crippen molar-refractivity contribution in [2.24, 2.45) is 17.8 Å². The monoisotopic (exact) mass is 454 g/mol. The van der Waals surface area contributed by atoms with Crippen molar-refractivity contribution in [1.29, 1.82) is 0 Å². The van der Waals surface area contributed by atoms with Gasteiger partial charge in [0.15, 0.2) is 0 Å². The van der Waals surface area contributed by atoms with Gasteiger partial charge in [0, 0.05) is 12.8 Å². The summed E-state index contributed by atoms with van der Waals surface area (Å²) in [4.78, 5) is 26.8. The molecule has 0 amide bonds. The summed E-state index contributed by atoms with van der Waals surface area (Å²) in [5.41, 5.74) is 3.71. The van der Waals surface area contributed by atoms with Crippen LogP contribution in [0, 0.1) is 17.8 Å². The van der Waals surface area contributed by atoms with Gasteiger partial charge in [0.1, 0.15) is 11.6 Å². The number of hydrogen-bond donors (Lipinski definition) is 0. The summed E-state index contributed by atoms with van der Waals surface area (Å²) in [6.07, 6.45) is 5.25. The van der Waals surface area contributed by atoms with Gasteiger partial charge < -0.3 is 0 Å². The molecule has 0 spiro atoms. The van der Waals surface area contributed by atoms with Crippen molar-refractivity contribution < 1.29 is 9.59 Å². The second-order valence-corrected chi connectivity index (χ2v) is 9.73. The largest absolute Gasteiger partial charge is 0.299 e. The highest BCUT2D eigenvalue weighted by Crippen LogP contribution is 2.26. The number of hydrogen-bond acceptors (Lipinski definition) is 2. The Balaban J connectivity index is 1.62. The van der Waals surface area contributed by atoms with Crippen molar-refractivity contribution in [3.8, 4) is 0 Å². The summed E-state index contributed by atoms with van der Waals surface area (Å²) in [6.45, 7) is 4.22. The highest BCUT2D eigenvalue weighted by molar-refractivity contribution is 6.02. The van der Waals surface area contributed by atoms with E-state index in [4.69, 9.17) is 0 Å². The molecule has 0 aromatic heterocycles. The first-order chi connectivity index (χ1) is 16.5. The van der Waals surface area contributed by atoms with Crippen LogP contribution in [0.1, 0.15) is 56.2 Å². The molecule has 3 unspecified atom stereocenters. The van der Waals surface area contributed by atoms with E-state index in [1.165, 1.54) is 11.1 Å². The minimum absolute atomic E-state index is 0.0392. The number of benzene rings is 3. The Labute approximate surface area is 205 Å². The van der Waals surface area contributed by atoms with E-state index in [0.29, 0.717) is 19.3 Å². The van der Waals surface area contributed by atoms with Gasteiger partial charge in [0.05, 0.1) is 5.92 Å². The van der Waals surface area contributed by atoms with Crippen LogP contribution >= 0.6 is 0 Å². The molecule has 0 N–H and O–H groups in total. The summed E-state index contributed by atoms with van der Waals surface area (Å²) in [5, 5.41) is 0. The molecule has 3 aromatic rings. The van der Waals surface area contributed by atoms with Crippen molar-refractivity contribution >= 4 is 11.6 Å². The molecule has 0 aliphatic heterocycles. The fourth-order valence-corrected chi connectivity index (χ4v) is 4.72. The quantitative estimate of drug-likeness (QED) is 0.239. The van der Waals surface area contributed by atoms with E-state index < -0.39 is 5.92 Å². The molecule has 0 bridgehead atoms. The Morgan fingerprint density at radius 2 is 1.03 bits per heavy atom. The summed E-state index contributed by atoms with van der Waals surface area (Å²) < 4.78 is 0. The molecule has 3 rings (SSSR count). The van der Waals surface area contributed by atoms with Crippen molar-refractivity contribution in [2.75, 3.05) is 0 Å². The lowest BCUT2D eigenvalue weighted by Crippen LogP contribution is -2.32. The number of carbonyl (C=O) groups excluding carboxylic acids is 2. The lowest BCUT2D eigenvalue weighted by molar-refractivity contribution is -0.135. The average Bonchev–Trinajstić information content (AvgIpc) is 2.87. The first-order valence-electron chi connectivity index (χ1n) is 12.7. The van der Waals surface area contributed by atoms with Crippen LogP contribution in [-0.4, -0.2) is 11.6 Å². The number of carbonyl (C=O) groups is 2. The van der Waals surface area contributed by atoms with Crippen molar-refractivity contribution in [3.05, 3.63) is 108 Å². The summed E-state index contributed by atoms with van der Waals surface area (Å²) in [5.74, 6) is 0.0196. The standard InChI is InChI=1S/C32H38O2/c1-25(18-20-27-12-6-3-7-13-27)24-31(34)32(26(2)19-21-28-14-8-4-9-15-28)30(33)23-22-29-16-10-5-11-17-29/h3-17,25-26,32H,18-24H2,1-2H3. The zero-order chi connectivity index (χ0) is 24.2. The number of rotatable bonds is 14.